The summed E-state index contributed by atoms with van der Waals surface area (Å²) in [6.45, 7) is 9.03. The largest absolute Gasteiger partial charge is 0.495 e. The molecule has 2 aromatic carbocycles. The maximum Gasteiger partial charge on any atom is 0.282 e. The minimum atomic E-state index is -0.116. The normalized spacial score (nSPS) is 19.4. The molecule has 168 valence electrons. The lowest BCUT2D eigenvalue weighted by Gasteiger charge is -2.33. The minimum Gasteiger partial charge on any atom is -0.495 e. The van der Waals surface area contributed by atoms with Gasteiger partial charge >= 0.3 is 0 Å². The number of para-hydroxylation sites is 2. The summed E-state index contributed by atoms with van der Waals surface area (Å²) < 4.78 is 16.2. The number of piperazine rings is 1. The Labute approximate surface area is 184 Å². The second kappa shape index (κ2) is 10.5. The molecule has 7 nitrogen and oxygen atoms in total. The van der Waals surface area contributed by atoms with Crippen LogP contribution in [-0.2, 0) is 11.3 Å². The number of anilines is 1. The Morgan fingerprint density at radius 2 is 1.58 bits per heavy atom. The first-order chi connectivity index (χ1) is 15.0. The number of nitrogens with one attached hydrogen (secondary N) is 3. The summed E-state index contributed by atoms with van der Waals surface area (Å²) in [7, 11) is 4.95. The van der Waals surface area contributed by atoms with Crippen LogP contribution in [0.4, 0.5) is 5.69 Å². The average Bonchev–Trinajstić information content (AvgIpc) is 2.80. The molecule has 0 aliphatic carbocycles. The fourth-order valence-electron chi connectivity index (χ4n) is 4.19. The summed E-state index contributed by atoms with van der Waals surface area (Å²) in [6.07, 6.45) is 0. The zero-order valence-electron chi connectivity index (χ0n) is 19.2. The molecule has 1 aliphatic heterocycles. The Bertz CT molecular complexity index is 894. The second-order valence-electron chi connectivity index (χ2n) is 8.13. The zero-order valence-corrected chi connectivity index (χ0v) is 19.2. The lowest BCUT2D eigenvalue weighted by Crippen LogP contribution is -3.29. The monoisotopic (exact) mass is 429 g/mol. The molecule has 1 amide bonds. The van der Waals surface area contributed by atoms with Crippen LogP contribution in [0.15, 0.2) is 36.4 Å². The summed E-state index contributed by atoms with van der Waals surface area (Å²) in [5, 5.41) is 3.02. The Balaban J connectivity index is 1.56. The number of carbonyl (C=O) groups is 1. The van der Waals surface area contributed by atoms with Gasteiger partial charge in [0, 0.05) is 5.56 Å². The molecule has 0 saturated carbocycles. The third-order valence-electron chi connectivity index (χ3n) is 6.25. The molecular formula is C24H35N3O4+2. The summed E-state index contributed by atoms with van der Waals surface area (Å²) in [6, 6.07) is 11.5. The fraction of sp³-hybridized carbons (Fsp3) is 0.458. The van der Waals surface area contributed by atoms with E-state index in [9.17, 15) is 4.79 Å². The van der Waals surface area contributed by atoms with Crippen molar-refractivity contribution >= 4 is 11.6 Å². The number of hydrogen-bond donors (Lipinski definition) is 3. The number of hydrogen-bond acceptors (Lipinski definition) is 4. The van der Waals surface area contributed by atoms with Crippen molar-refractivity contribution < 1.29 is 28.8 Å². The molecule has 1 aliphatic rings. The van der Waals surface area contributed by atoms with E-state index >= 15 is 0 Å². The molecule has 0 aromatic heterocycles. The molecule has 0 radical (unpaired) electrons. The van der Waals surface area contributed by atoms with Gasteiger partial charge in [-0.2, -0.15) is 0 Å². The van der Waals surface area contributed by atoms with E-state index < -0.39 is 0 Å². The number of rotatable bonds is 8. The Morgan fingerprint density at radius 1 is 0.968 bits per heavy atom. The third-order valence-corrected chi connectivity index (χ3v) is 6.25. The predicted molar refractivity (Wildman–Crippen MR) is 120 cm³/mol. The molecule has 31 heavy (non-hydrogen) atoms. The van der Waals surface area contributed by atoms with Crippen LogP contribution in [0.25, 0.3) is 0 Å². The molecule has 1 heterocycles. The number of benzene rings is 2. The third kappa shape index (κ3) is 5.48. The van der Waals surface area contributed by atoms with Gasteiger partial charge in [-0.1, -0.05) is 12.1 Å². The van der Waals surface area contributed by atoms with E-state index in [4.69, 9.17) is 14.2 Å². The first-order valence-electron chi connectivity index (χ1n) is 10.8. The van der Waals surface area contributed by atoms with E-state index in [0.29, 0.717) is 5.75 Å². The van der Waals surface area contributed by atoms with Gasteiger partial charge in [-0.3, -0.25) is 4.79 Å². The maximum atomic E-state index is 12.8. The van der Waals surface area contributed by atoms with E-state index in [1.807, 2.05) is 37.3 Å². The van der Waals surface area contributed by atoms with Crippen LogP contribution >= 0.6 is 0 Å². The van der Waals surface area contributed by atoms with Crippen LogP contribution in [0.1, 0.15) is 18.1 Å². The molecule has 0 spiro atoms. The molecular weight excluding hydrogens is 394 g/mol. The molecule has 3 rings (SSSR count). The highest BCUT2D eigenvalue weighted by Gasteiger charge is 2.31. The van der Waals surface area contributed by atoms with Crippen LogP contribution in [0.3, 0.4) is 0 Å². The Morgan fingerprint density at radius 3 is 2.23 bits per heavy atom. The van der Waals surface area contributed by atoms with Gasteiger partial charge in [0.1, 0.15) is 38.5 Å². The van der Waals surface area contributed by atoms with Gasteiger partial charge in [-0.05, 0) is 43.7 Å². The molecule has 3 N–H and O–H groups in total. The van der Waals surface area contributed by atoms with Gasteiger partial charge in [0.15, 0.2) is 17.5 Å². The summed E-state index contributed by atoms with van der Waals surface area (Å²) in [4.78, 5) is 15.7. The van der Waals surface area contributed by atoms with Crippen molar-refractivity contribution in [2.45, 2.75) is 26.4 Å². The first kappa shape index (κ1) is 22.9. The number of carbonyl (C=O) groups excluding carboxylic acids is 1. The van der Waals surface area contributed by atoms with Crippen molar-refractivity contribution in [2.75, 3.05) is 52.8 Å². The number of quaternary nitrogens is 2. The van der Waals surface area contributed by atoms with Crippen LogP contribution in [0.5, 0.6) is 17.2 Å². The van der Waals surface area contributed by atoms with Gasteiger partial charge in [-0.15, -0.1) is 0 Å². The number of methoxy groups -OCH3 is 3. The molecule has 1 fully saturated rings. The number of ether oxygens (including phenoxy) is 3. The Hall–Kier alpha value is -2.77. The lowest BCUT2D eigenvalue weighted by atomic mass is 10.1. The van der Waals surface area contributed by atoms with E-state index in [0.717, 1.165) is 49.9 Å². The van der Waals surface area contributed by atoms with Crippen molar-refractivity contribution in [1.29, 1.82) is 0 Å². The fourth-order valence-corrected chi connectivity index (χ4v) is 4.19. The molecule has 2 aromatic rings. The topological polar surface area (TPSA) is 65.7 Å². The van der Waals surface area contributed by atoms with Crippen molar-refractivity contribution in [1.82, 2.24) is 0 Å². The molecule has 1 saturated heterocycles. The maximum absolute atomic E-state index is 12.8. The van der Waals surface area contributed by atoms with Crippen molar-refractivity contribution in [2.24, 2.45) is 0 Å². The smallest absolute Gasteiger partial charge is 0.282 e. The average molecular weight is 430 g/mol. The second-order valence-corrected chi connectivity index (χ2v) is 8.13. The minimum absolute atomic E-state index is 0.0266. The first-order valence-corrected chi connectivity index (χ1v) is 10.8. The summed E-state index contributed by atoms with van der Waals surface area (Å²) in [5.74, 6) is 2.24. The van der Waals surface area contributed by atoms with Gasteiger partial charge in [0.25, 0.3) is 5.91 Å². The highest BCUT2D eigenvalue weighted by molar-refractivity contribution is 5.94. The van der Waals surface area contributed by atoms with Crippen LogP contribution in [-0.4, -0.2) is 59.5 Å². The highest BCUT2D eigenvalue weighted by Crippen LogP contribution is 2.30. The molecule has 0 bridgehead atoms. The quantitative estimate of drug-likeness (QED) is 0.566. The van der Waals surface area contributed by atoms with Crippen molar-refractivity contribution in [3.05, 3.63) is 47.5 Å². The highest BCUT2D eigenvalue weighted by atomic mass is 16.5. The summed E-state index contributed by atoms with van der Waals surface area (Å²) >= 11 is 0. The summed E-state index contributed by atoms with van der Waals surface area (Å²) in [5.41, 5.74) is 3.21. The molecule has 7 heteroatoms. The number of aryl methyl sites for hydroxylation is 1. The standard InChI is InChI=1S/C24H33N3O4/c1-17-14-22(30-4)23(31-5)15-19(17)16-26-10-12-27(13-11-26)18(2)24(28)25-20-8-6-7-9-21(20)29-3/h6-9,14-15,18H,10-13,16H2,1-5H3,(H,25,28)/p+2/t18-/m1/s1. The predicted octanol–water partition coefficient (Wildman–Crippen LogP) is 0.331. The zero-order chi connectivity index (χ0) is 22.4. The SMILES string of the molecule is COc1ccccc1NC(=O)[C@@H](C)[NH+]1CC[NH+](Cc2cc(OC)c(OC)cc2C)CC1. The van der Waals surface area contributed by atoms with Crippen molar-refractivity contribution in [3.63, 3.8) is 0 Å². The lowest BCUT2D eigenvalue weighted by molar-refractivity contribution is -1.02. The van der Waals surface area contributed by atoms with E-state index in [2.05, 4.69) is 18.3 Å². The van der Waals surface area contributed by atoms with E-state index in [1.165, 1.54) is 20.9 Å². The van der Waals surface area contributed by atoms with Crippen molar-refractivity contribution in [3.8, 4) is 17.2 Å². The van der Waals surface area contributed by atoms with Gasteiger partial charge in [0.05, 0.1) is 27.0 Å². The van der Waals surface area contributed by atoms with Gasteiger partial charge in [-0.25, -0.2) is 0 Å². The molecule has 0 unspecified atom stereocenters. The number of amides is 1. The van der Waals surface area contributed by atoms with E-state index in [-0.39, 0.29) is 11.9 Å². The Kier molecular flexibility index (Phi) is 7.76. The van der Waals surface area contributed by atoms with E-state index in [1.54, 1.807) is 21.3 Å². The van der Waals surface area contributed by atoms with Crippen LogP contribution < -0.4 is 29.3 Å². The van der Waals surface area contributed by atoms with Gasteiger partial charge < -0.3 is 29.3 Å². The van der Waals surface area contributed by atoms with Crippen LogP contribution in [0.2, 0.25) is 0 Å². The van der Waals surface area contributed by atoms with Crippen LogP contribution in [0, 0.1) is 6.92 Å². The molecule has 1 atom stereocenters. The van der Waals surface area contributed by atoms with Gasteiger partial charge in [0.2, 0.25) is 0 Å².